The Labute approximate surface area is 121 Å². The number of rotatable bonds is 7. The van der Waals surface area contributed by atoms with Gasteiger partial charge in [-0.2, -0.15) is 0 Å². The molecular weight excluding hydrogens is 246 g/mol. The molecule has 2 heteroatoms. The Hall–Kier alpha value is -1.80. The summed E-state index contributed by atoms with van der Waals surface area (Å²) in [4.78, 5) is 0. The van der Waals surface area contributed by atoms with Crippen LogP contribution in [0.25, 0.3) is 0 Å². The number of hydrogen-bond donors (Lipinski definition) is 1. The first-order chi connectivity index (χ1) is 9.79. The van der Waals surface area contributed by atoms with E-state index in [2.05, 4.69) is 49.5 Å². The monoisotopic (exact) mass is 269 g/mol. The van der Waals surface area contributed by atoms with Gasteiger partial charge in [0.05, 0.1) is 0 Å². The normalized spacial score (nSPS) is 10.5. The number of hydrogen-bond acceptors (Lipinski definition) is 2. The van der Waals surface area contributed by atoms with E-state index in [1.165, 1.54) is 16.7 Å². The van der Waals surface area contributed by atoms with Crippen LogP contribution in [0.5, 0.6) is 5.75 Å². The molecule has 20 heavy (non-hydrogen) atoms. The van der Waals surface area contributed by atoms with E-state index in [1.807, 2.05) is 18.2 Å². The molecule has 2 aromatic rings. The minimum atomic E-state index is 0.623. The first kappa shape index (κ1) is 14.6. The molecule has 2 aromatic carbocycles. The zero-order valence-electron chi connectivity index (χ0n) is 12.4. The molecule has 0 atom stereocenters. The molecule has 2 rings (SSSR count). The van der Waals surface area contributed by atoms with E-state index in [0.29, 0.717) is 6.61 Å². The third-order valence-corrected chi connectivity index (χ3v) is 3.35. The van der Waals surface area contributed by atoms with E-state index in [-0.39, 0.29) is 0 Å². The molecular formula is C18H23NO. The van der Waals surface area contributed by atoms with Crippen molar-refractivity contribution in [1.29, 1.82) is 0 Å². The van der Waals surface area contributed by atoms with Crippen molar-refractivity contribution in [2.75, 3.05) is 13.1 Å². The zero-order valence-corrected chi connectivity index (χ0v) is 12.4. The van der Waals surface area contributed by atoms with Crippen molar-refractivity contribution >= 4 is 0 Å². The lowest BCUT2D eigenvalue weighted by atomic mass is 10.1. The molecule has 0 spiro atoms. The van der Waals surface area contributed by atoms with Crippen molar-refractivity contribution in [3.63, 3.8) is 0 Å². The summed E-state index contributed by atoms with van der Waals surface area (Å²) in [6.07, 6.45) is 1.08. The highest BCUT2D eigenvalue weighted by molar-refractivity contribution is 5.32. The van der Waals surface area contributed by atoms with Gasteiger partial charge in [-0.1, -0.05) is 49.4 Å². The molecule has 2 nitrogen and oxygen atoms in total. The van der Waals surface area contributed by atoms with Crippen molar-refractivity contribution in [2.45, 2.75) is 26.9 Å². The number of nitrogens with one attached hydrogen (secondary N) is 1. The van der Waals surface area contributed by atoms with Crippen LogP contribution >= 0.6 is 0 Å². The average molecular weight is 269 g/mol. The highest BCUT2D eigenvalue weighted by Crippen LogP contribution is 2.18. The lowest BCUT2D eigenvalue weighted by Gasteiger charge is -2.09. The molecule has 0 saturated carbocycles. The van der Waals surface area contributed by atoms with E-state index in [0.717, 1.165) is 25.3 Å². The standard InChI is InChI=1S/C18H23NO/c1-3-19-13-12-16-8-10-17(11-9-16)14-20-18-7-5-4-6-15(18)2/h4-11,19H,3,12-14H2,1-2H3. The van der Waals surface area contributed by atoms with Crippen LogP contribution in [0.3, 0.4) is 0 Å². The maximum atomic E-state index is 5.85. The zero-order chi connectivity index (χ0) is 14.2. The Morgan fingerprint density at radius 2 is 1.65 bits per heavy atom. The molecule has 1 N–H and O–H groups in total. The third-order valence-electron chi connectivity index (χ3n) is 3.35. The minimum Gasteiger partial charge on any atom is -0.489 e. The molecule has 0 aliphatic heterocycles. The number of likely N-dealkylation sites (N-methyl/N-ethyl adjacent to an activating group) is 1. The summed E-state index contributed by atoms with van der Waals surface area (Å²) in [5, 5.41) is 3.34. The lowest BCUT2D eigenvalue weighted by molar-refractivity contribution is 0.304. The molecule has 0 heterocycles. The predicted molar refractivity (Wildman–Crippen MR) is 84.2 cm³/mol. The fourth-order valence-corrected chi connectivity index (χ4v) is 2.09. The summed E-state index contributed by atoms with van der Waals surface area (Å²) >= 11 is 0. The highest BCUT2D eigenvalue weighted by Gasteiger charge is 1.99. The molecule has 0 aromatic heterocycles. The molecule has 0 radical (unpaired) electrons. The summed E-state index contributed by atoms with van der Waals surface area (Å²) < 4.78 is 5.85. The second kappa shape index (κ2) is 7.71. The molecule has 0 aliphatic carbocycles. The molecule has 0 bridgehead atoms. The fourth-order valence-electron chi connectivity index (χ4n) is 2.09. The van der Waals surface area contributed by atoms with Gasteiger partial charge in [0.2, 0.25) is 0 Å². The average Bonchev–Trinajstić information content (AvgIpc) is 2.48. The quantitative estimate of drug-likeness (QED) is 0.773. The molecule has 0 aliphatic rings. The highest BCUT2D eigenvalue weighted by atomic mass is 16.5. The summed E-state index contributed by atoms with van der Waals surface area (Å²) in [6, 6.07) is 16.8. The maximum Gasteiger partial charge on any atom is 0.122 e. The summed E-state index contributed by atoms with van der Waals surface area (Å²) in [5.41, 5.74) is 3.75. The van der Waals surface area contributed by atoms with Crippen LogP contribution in [0.2, 0.25) is 0 Å². The maximum absolute atomic E-state index is 5.85. The van der Waals surface area contributed by atoms with Gasteiger partial charge in [0.1, 0.15) is 12.4 Å². The number of benzene rings is 2. The molecule has 0 fully saturated rings. The van der Waals surface area contributed by atoms with Gasteiger partial charge in [-0.05, 0) is 49.2 Å². The van der Waals surface area contributed by atoms with Gasteiger partial charge < -0.3 is 10.1 Å². The first-order valence-electron chi connectivity index (χ1n) is 7.26. The molecule has 0 unspecified atom stereocenters. The Morgan fingerprint density at radius 3 is 2.35 bits per heavy atom. The third kappa shape index (κ3) is 4.39. The van der Waals surface area contributed by atoms with E-state index in [9.17, 15) is 0 Å². The van der Waals surface area contributed by atoms with Crippen molar-refractivity contribution in [2.24, 2.45) is 0 Å². The van der Waals surface area contributed by atoms with Gasteiger partial charge in [-0.15, -0.1) is 0 Å². The largest absolute Gasteiger partial charge is 0.489 e. The van der Waals surface area contributed by atoms with Crippen LogP contribution < -0.4 is 10.1 Å². The van der Waals surface area contributed by atoms with Crippen LogP contribution in [-0.2, 0) is 13.0 Å². The Kier molecular flexibility index (Phi) is 5.63. The smallest absolute Gasteiger partial charge is 0.122 e. The van der Waals surface area contributed by atoms with Gasteiger partial charge in [0, 0.05) is 0 Å². The number of ether oxygens (including phenoxy) is 1. The van der Waals surface area contributed by atoms with Gasteiger partial charge in [-0.25, -0.2) is 0 Å². The Balaban J connectivity index is 1.86. The summed E-state index contributed by atoms with van der Waals surface area (Å²) in [7, 11) is 0. The fraction of sp³-hybridized carbons (Fsp3) is 0.333. The SMILES string of the molecule is CCNCCc1ccc(COc2ccccc2C)cc1. The number of aryl methyl sites for hydroxylation is 1. The van der Waals surface area contributed by atoms with Gasteiger partial charge in [0.25, 0.3) is 0 Å². The molecule has 0 amide bonds. The van der Waals surface area contributed by atoms with Crippen molar-refractivity contribution in [3.8, 4) is 5.75 Å². The molecule has 0 saturated heterocycles. The minimum absolute atomic E-state index is 0.623. The van der Waals surface area contributed by atoms with Gasteiger partial charge >= 0.3 is 0 Å². The predicted octanol–water partition coefficient (Wildman–Crippen LogP) is 3.73. The van der Waals surface area contributed by atoms with Crippen LogP contribution in [0.1, 0.15) is 23.6 Å². The van der Waals surface area contributed by atoms with Crippen LogP contribution in [0.4, 0.5) is 0 Å². The van der Waals surface area contributed by atoms with Crippen LogP contribution in [0.15, 0.2) is 48.5 Å². The van der Waals surface area contributed by atoms with Crippen molar-refractivity contribution in [3.05, 3.63) is 65.2 Å². The van der Waals surface area contributed by atoms with E-state index in [1.54, 1.807) is 0 Å². The summed E-state index contributed by atoms with van der Waals surface area (Å²) in [6.45, 7) is 6.89. The van der Waals surface area contributed by atoms with E-state index >= 15 is 0 Å². The van der Waals surface area contributed by atoms with Crippen molar-refractivity contribution in [1.82, 2.24) is 5.32 Å². The van der Waals surface area contributed by atoms with Crippen molar-refractivity contribution < 1.29 is 4.74 Å². The van der Waals surface area contributed by atoms with E-state index < -0.39 is 0 Å². The molecule has 106 valence electrons. The summed E-state index contributed by atoms with van der Waals surface area (Å²) in [5.74, 6) is 0.962. The van der Waals surface area contributed by atoms with Gasteiger partial charge in [0.15, 0.2) is 0 Å². The van der Waals surface area contributed by atoms with E-state index in [4.69, 9.17) is 4.74 Å². The topological polar surface area (TPSA) is 21.3 Å². The van der Waals surface area contributed by atoms with Crippen LogP contribution in [-0.4, -0.2) is 13.1 Å². The second-order valence-electron chi connectivity index (χ2n) is 4.97. The second-order valence-corrected chi connectivity index (χ2v) is 4.97. The first-order valence-corrected chi connectivity index (χ1v) is 7.26. The lowest BCUT2D eigenvalue weighted by Crippen LogP contribution is -2.15. The Bertz CT molecular complexity index is 519. The van der Waals surface area contributed by atoms with Crippen LogP contribution in [0, 0.1) is 6.92 Å². The Morgan fingerprint density at radius 1 is 0.950 bits per heavy atom. The number of para-hydroxylation sites is 1. The van der Waals surface area contributed by atoms with Gasteiger partial charge in [-0.3, -0.25) is 0 Å².